The van der Waals surface area contributed by atoms with E-state index in [0.717, 1.165) is 10.2 Å². The van der Waals surface area contributed by atoms with Gasteiger partial charge in [0.25, 0.3) is 0 Å². The maximum atomic E-state index is 11.2. The molecule has 0 aromatic carbocycles. The van der Waals surface area contributed by atoms with E-state index < -0.39 is 5.41 Å². The first-order chi connectivity index (χ1) is 7.36. The van der Waals surface area contributed by atoms with Crippen molar-refractivity contribution in [2.75, 3.05) is 7.11 Å². The first kappa shape index (κ1) is 13.0. The van der Waals surface area contributed by atoms with Gasteiger partial charge in [-0.2, -0.15) is 0 Å². The number of rotatable bonds is 4. The molecule has 1 amide bonds. The van der Waals surface area contributed by atoms with Gasteiger partial charge in [0.15, 0.2) is 0 Å². The number of nitrogens with zero attached hydrogens (tertiary/aromatic N) is 1. The fourth-order valence-corrected chi connectivity index (χ4v) is 1.57. The van der Waals surface area contributed by atoms with Gasteiger partial charge >= 0.3 is 0 Å². The molecule has 0 bridgehead atoms. The van der Waals surface area contributed by atoms with Crippen molar-refractivity contribution in [1.82, 2.24) is 4.98 Å². The Kier molecular flexibility index (Phi) is 3.91. The Balaban J connectivity index is 3.00. The molecule has 1 aromatic heterocycles. The van der Waals surface area contributed by atoms with Crippen LogP contribution in [0.5, 0.6) is 5.88 Å². The maximum absolute atomic E-state index is 11.2. The van der Waals surface area contributed by atoms with E-state index in [0.29, 0.717) is 12.3 Å². The second-order valence-corrected chi connectivity index (χ2v) is 5.06. The highest BCUT2D eigenvalue weighted by Crippen LogP contribution is 2.26. The standard InChI is InChI=1S/C11H15BrN2O2/c1-11(2,10(13)15)6-8-7(12)4-5-9(14-8)16-3/h4-5H,6H2,1-3H3,(H2,13,15). The minimum absolute atomic E-state index is 0.344. The van der Waals surface area contributed by atoms with Gasteiger partial charge in [0, 0.05) is 22.4 Å². The zero-order valence-corrected chi connectivity index (χ0v) is 11.2. The SMILES string of the molecule is COc1ccc(Br)c(CC(C)(C)C(N)=O)n1. The van der Waals surface area contributed by atoms with Gasteiger partial charge in [0.1, 0.15) is 0 Å². The van der Waals surface area contributed by atoms with Gasteiger partial charge < -0.3 is 10.5 Å². The van der Waals surface area contributed by atoms with Crippen molar-refractivity contribution in [3.63, 3.8) is 0 Å². The number of aromatic nitrogens is 1. The predicted octanol–water partition coefficient (Wildman–Crippen LogP) is 1.91. The van der Waals surface area contributed by atoms with Gasteiger partial charge in [-0.25, -0.2) is 4.98 Å². The summed E-state index contributed by atoms with van der Waals surface area (Å²) in [5.41, 5.74) is 5.47. The predicted molar refractivity (Wildman–Crippen MR) is 65.2 cm³/mol. The molecule has 4 nitrogen and oxygen atoms in total. The minimum atomic E-state index is -0.623. The lowest BCUT2D eigenvalue weighted by Gasteiger charge is -2.20. The van der Waals surface area contributed by atoms with E-state index in [9.17, 15) is 4.79 Å². The van der Waals surface area contributed by atoms with Crippen molar-refractivity contribution in [3.8, 4) is 5.88 Å². The highest BCUT2D eigenvalue weighted by molar-refractivity contribution is 9.10. The van der Waals surface area contributed by atoms with E-state index in [1.165, 1.54) is 0 Å². The van der Waals surface area contributed by atoms with Crippen molar-refractivity contribution in [2.45, 2.75) is 20.3 Å². The number of carbonyl (C=O) groups excluding carboxylic acids is 1. The van der Waals surface area contributed by atoms with Crippen molar-refractivity contribution < 1.29 is 9.53 Å². The van der Waals surface area contributed by atoms with Crippen molar-refractivity contribution >= 4 is 21.8 Å². The van der Waals surface area contributed by atoms with Crippen LogP contribution in [0.25, 0.3) is 0 Å². The zero-order chi connectivity index (χ0) is 12.3. The number of hydrogen-bond acceptors (Lipinski definition) is 3. The van der Waals surface area contributed by atoms with Crippen molar-refractivity contribution in [3.05, 3.63) is 22.3 Å². The molecule has 0 radical (unpaired) electrons. The summed E-state index contributed by atoms with van der Waals surface area (Å²) in [6.07, 6.45) is 0.472. The molecule has 1 rings (SSSR count). The van der Waals surface area contributed by atoms with Crippen LogP contribution >= 0.6 is 15.9 Å². The number of primary amides is 1. The molecule has 0 unspecified atom stereocenters. The van der Waals surface area contributed by atoms with E-state index in [2.05, 4.69) is 20.9 Å². The van der Waals surface area contributed by atoms with Gasteiger partial charge in [0.2, 0.25) is 11.8 Å². The van der Waals surface area contributed by atoms with Crippen LogP contribution in [-0.2, 0) is 11.2 Å². The molecular weight excluding hydrogens is 272 g/mol. The summed E-state index contributed by atoms with van der Waals surface area (Å²) in [6.45, 7) is 3.59. The Labute approximate surface area is 103 Å². The van der Waals surface area contributed by atoms with Gasteiger partial charge in [-0.3, -0.25) is 4.79 Å². The summed E-state index contributed by atoms with van der Waals surface area (Å²) in [4.78, 5) is 15.5. The summed E-state index contributed by atoms with van der Waals surface area (Å²) >= 11 is 3.39. The molecule has 0 aliphatic heterocycles. The third kappa shape index (κ3) is 2.95. The number of pyridine rings is 1. The molecule has 2 N–H and O–H groups in total. The van der Waals surface area contributed by atoms with Crippen LogP contribution in [0.4, 0.5) is 0 Å². The molecule has 0 saturated heterocycles. The Morgan fingerprint density at radius 3 is 2.69 bits per heavy atom. The second kappa shape index (κ2) is 4.82. The molecule has 1 heterocycles. The minimum Gasteiger partial charge on any atom is -0.481 e. The van der Waals surface area contributed by atoms with Crippen molar-refractivity contribution in [2.24, 2.45) is 11.1 Å². The number of methoxy groups -OCH3 is 1. The summed E-state index contributed by atoms with van der Waals surface area (Å²) < 4.78 is 5.89. The second-order valence-electron chi connectivity index (χ2n) is 4.21. The van der Waals surface area contributed by atoms with Crippen LogP contribution in [0.15, 0.2) is 16.6 Å². The van der Waals surface area contributed by atoms with Gasteiger partial charge in [0.05, 0.1) is 12.8 Å². The number of halogens is 1. The highest BCUT2D eigenvalue weighted by atomic mass is 79.9. The lowest BCUT2D eigenvalue weighted by molar-refractivity contribution is -0.125. The molecule has 5 heteroatoms. The summed E-state index contributed by atoms with van der Waals surface area (Å²) in [7, 11) is 1.55. The van der Waals surface area contributed by atoms with E-state index in [1.54, 1.807) is 27.0 Å². The van der Waals surface area contributed by atoms with Crippen LogP contribution in [0.3, 0.4) is 0 Å². The Morgan fingerprint density at radius 2 is 2.19 bits per heavy atom. The first-order valence-electron chi connectivity index (χ1n) is 4.86. The lowest BCUT2D eigenvalue weighted by Crippen LogP contribution is -2.33. The van der Waals surface area contributed by atoms with E-state index >= 15 is 0 Å². The number of carbonyl (C=O) groups is 1. The third-order valence-corrected chi connectivity index (χ3v) is 3.10. The average molecular weight is 287 g/mol. The van der Waals surface area contributed by atoms with Crippen molar-refractivity contribution in [1.29, 1.82) is 0 Å². The largest absolute Gasteiger partial charge is 0.481 e. The monoisotopic (exact) mass is 286 g/mol. The molecule has 0 spiro atoms. The fourth-order valence-electron chi connectivity index (χ4n) is 1.21. The summed E-state index contributed by atoms with van der Waals surface area (Å²) in [6, 6.07) is 3.60. The smallest absolute Gasteiger partial charge is 0.223 e. The molecule has 1 aromatic rings. The van der Waals surface area contributed by atoms with Crippen LogP contribution in [0, 0.1) is 5.41 Å². The van der Waals surface area contributed by atoms with Gasteiger partial charge in [-0.1, -0.05) is 13.8 Å². The van der Waals surface area contributed by atoms with E-state index in [4.69, 9.17) is 10.5 Å². The quantitative estimate of drug-likeness (QED) is 0.920. The Hall–Kier alpha value is -1.10. The normalized spacial score (nSPS) is 11.2. The van der Waals surface area contributed by atoms with Crippen LogP contribution in [-0.4, -0.2) is 18.0 Å². The summed E-state index contributed by atoms with van der Waals surface area (Å²) in [5, 5.41) is 0. The van der Waals surface area contributed by atoms with Crippen LogP contribution < -0.4 is 10.5 Å². The maximum Gasteiger partial charge on any atom is 0.223 e. The number of nitrogens with two attached hydrogens (primary N) is 1. The number of ether oxygens (including phenoxy) is 1. The Morgan fingerprint density at radius 1 is 1.56 bits per heavy atom. The fraction of sp³-hybridized carbons (Fsp3) is 0.455. The van der Waals surface area contributed by atoms with Gasteiger partial charge in [-0.05, 0) is 22.0 Å². The Bertz CT molecular complexity index is 405. The number of hydrogen-bond donors (Lipinski definition) is 1. The number of amides is 1. The molecular formula is C11H15BrN2O2. The molecule has 0 saturated carbocycles. The lowest BCUT2D eigenvalue weighted by atomic mass is 9.87. The van der Waals surface area contributed by atoms with E-state index in [1.807, 2.05) is 6.07 Å². The topological polar surface area (TPSA) is 65.2 Å². The first-order valence-corrected chi connectivity index (χ1v) is 5.65. The van der Waals surface area contributed by atoms with Gasteiger partial charge in [-0.15, -0.1) is 0 Å². The highest BCUT2D eigenvalue weighted by Gasteiger charge is 2.27. The average Bonchev–Trinajstić information content (AvgIpc) is 2.21. The van der Waals surface area contributed by atoms with E-state index in [-0.39, 0.29) is 5.91 Å². The molecule has 88 valence electrons. The van der Waals surface area contributed by atoms with Crippen LogP contribution in [0.2, 0.25) is 0 Å². The molecule has 0 aliphatic carbocycles. The molecule has 0 fully saturated rings. The third-order valence-electron chi connectivity index (χ3n) is 2.38. The zero-order valence-electron chi connectivity index (χ0n) is 9.58. The van der Waals surface area contributed by atoms with Crippen LogP contribution in [0.1, 0.15) is 19.5 Å². The summed E-state index contributed by atoms with van der Waals surface area (Å²) in [5.74, 6) is 0.183. The molecule has 16 heavy (non-hydrogen) atoms. The molecule has 0 aliphatic rings. The molecule has 0 atom stereocenters.